The van der Waals surface area contributed by atoms with Crippen LogP contribution in [0.4, 0.5) is 0 Å². The lowest BCUT2D eigenvalue weighted by atomic mass is 9.76. The smallest absolute Gasteiger partial charge is 0.188 e. The third-order valence-corrected chi connectivity index (χ3v) is 7.33. The fourth-order valence-electron chi connectivity index (χ4n) is 4.63. The highest BCUT2D eigenvalue weighted by molar-refractivity contribution is 14.1. The fraction of sp³-hybridized carbons (Fsp3) is 0.429. The minimum atomic E-state index is -0.0564. The maximum Gasteiger partial charge on any atom is 0.188 e. The van der Waals surface area contributed by atoms with Gasteiger partial charge in [-0.25, -0.2) is 0 Å². The van der Waals surface area contributed by atoms with Gasteiger partial charge in [0, 0.05) is 30.8 Å². The maximum absolute atomic E-state index is 6.08. The van der Waals surface area contributed by atoms with E-state index in [-0.39, 0.29) is 19.0 Å². The molecule has 0 radical (unpaired) electrons. The first-order chi connectivity index (χ1) is 13.1. The Morgan fingerprint density at radius 1 is 0.778 bits per heavy atom. The SMILES string of the molecule is COCOc1c(I)ccc2c1C1(CC2)CCc2ccc(I)c(OCOC)c21. The number of halogens is 2. The Kier molecular flexibility index (Phi) is 5.87. The van der Waals surface area contributed by atoms with Crippen molar-refractivity contribution in [2.75, 3.05) is 27.8 Å². The first kappa shape index (κ1) is 19.7. The van der Waals surface area contributed by atoms with E-state index in [9.17, 15) is 0 Å². The van der Waals surface area contributed by atoms with E-state index in [1.807, 2.05) is 0 Å². The molecule has 4 rings (SSSR count). The Bertz CT molecular complexity index is 794. The number of ether oxygens (including phenoxy) is 4. The molecule has 2 aliphatic rings. The second-order valence-corrected chi connectivity index (χ2v) is 9.33. The Balaban J connectivity index is 1.91. The first-order valence-electron chi connectivity index (χ1n) is 8.99. The molecule has 0 fully saturated rings. The quantitative estimate of drug-likeness (QED) is 0.348. The van der Waals surface area contributed by atoms with E-state index >= 15 is 0 Å². The van der Waals surface area contributed by atoms with Crippen LogP contribution < -0.4 is 9.47 Å². The summed E-state index contributed by atoms with van der Waals surface area (Å²) in [6, 6.07) is 8.81. The van der Waals surface area contributed by atoms with Gasteiger partial charge in [0.2, 0.25) is 0 Å². The standard InChI is InChI=1S/C21H22I2O4/c1-24-11-26-19-15(22)5-3-13-7-9-21(17(13)19)10-8-14-4-6-16(23)20(18(14)21)27-12-25-2/h3-6H,7-12H2,1-2H3. The van der Waals surface area contributed by atoms with E-state index in [1.54, 1.807) is 14.2 Å². The molecule has 0 saturated carbocycles. The molecular formula is C21H22I2O4. The molecule has 0 bridgehead atoms. The third kappa shape index (κ3) is 3.26. The average molecular weight is 592 g/mol. The van der Waals surface area contributed by atoms with Gasteiger partial charge in [0.1, 0.15) is 11.5 Å². The lowest BCUT2D eigenvalue weighted by molar-refractivity contribution is 0.0479. The first-order valence-corrected chi connectivity index (χ1v) is 11.2. The highest BCUT2D eigenvalue weighted by Gasteiger charge is 2.49. The van der Waals surface area contributed by atoms with Crippen LogP contribution in [-0.4, -0.2) is 27.8 Å². The van der Waals surface area contributed by atoms with Crippen LogP contribution in [-0.2, 0) is 27.7 Å². The van der Waals surface area contributed by atoms with Gasteiger partial charge in [-0.15, -0.1) is 0 Å². The van der Waals surface area contributed by atoms with Gasteiger partial charge in [-0.05, 0) is 94.1 Å². The van der Waals surface area contributed by atoms with Crippen molar-refractivity contribution < 1.29 is 18.9 Å². The van der Waals surface area contributed by atoms with Crippen molar-refractivity contribution in [2.45, 2.75) is 31.1 Å². The normalized spacial score (nSPS) is 16.4. The lowest BCUT2D eigenvalue weighted by Crippen LogP contribution is -2.24. The van der Waals surface area contributed by atoms with Crippen molar-refractivity contribution >= 4 is 45.2 Å². The van der Waals surface area contributed by atoms with Crippen LogP contribution in [0.3, 0.4) is 0 Å². The molecule has 4 nitrogen and oxygen atoms in total. The van der Waals surface area contributed by atoms with Gasteiger partial charge in [-0.2, -0.15) is 0 Å². The van der Waals surface area contributed by atoms with Crippen LogP contribution in [0, 0.1) is 7.14 Å². The van der Waals surface area contributed by atoms with Crippen molar-refractivity contribution in [3.63, 3.8) is 0 Å². The van der Waals surface area contributed by atoms with Gasteiger partial charge >= 0.3 is 0 Å². The summed E-state index contributed by atoms with van der Waals surface area (Å²) in [6.07, 6.45) is 4.29. The predicted molar refractivity (Wildman–Crippen MR) is 121 cm³/mol. The number of hydrogen-bond acceptors (Lipinski definition) is 4. The van der Waals surface area contributed by atoms with E-state index in [2.05, 4.69) is 69.4 Å². The fourth-order valence-corrected chi connectivity index (χ4v) is 5.84. The zero-order valence-corrected chi connectivity index (χ0v) is 19.8. The van der Waals surface area contributed by atoms with Crippen LogP contribution in [0.15, 0.2) is 24.3 Å². The molecule has 0 aliphatic heterocycles. The molecule has 144 valence electrons. The van der Waals surface area contributed by atoms with Gasteiger partial charge < -0.3 is 18.9 Å². The Morgan fingerprint density at radius 2 is 1.22 bits per heavy atom. The minimum absolute atomic E-state index is 0.0564. The van der Waals surface area contributed by atoms with Gasteiger partial charge in [0.15, 0.2) is 13.6 Å². The number of aryl methyl sites for hydroxylation is 2. The number of methoxy groups -OCH3 is 2. The summed E-state index contributed by atoms with van der Waals surface area (Å²) in [5.74, 6) is 1.94. The van der Waals surface area contributed by atoms with E-state index in [1.165, 1.54) is 22.3 Å². The molecule has 0 unspecified atom stereocenters. The van der Waals surface area contributed by atoms with Crippen LogP contribution in [0.1, 0.15) is 35.1 Å². The average Bonchev–Trinajstić information content (AvgIpc) is 3.23. The molecule has 2 aliphatic carbocycles. The number of fused-ring (bicyclic) bond motifs is 4. The molecule has 0 atom stereocenters. The van der Waals surface area contributed by atoms with Gasteiger partial charge in [0.05, 0.1) is 7.14 Å². The molecule has 0 aromatic heterocycles. The molecule has 2 aromatic carbocycles. The number of hydrogen-bond donors (Lipinski definition) is 0. The Morgan fingerprint density at radius 3 is 1.63 bits per heavy atom. The zero-order valence-electron chi connectivity index (χ0n) is 15.4. The van der Waals surface area contributed by atoms with E-state index < -0.39 is 0 Å². The highest BCUT2D eigenvalue weighted by atomic mass is 127. The largest absolute Gasteiger partial charge is 0.466 e. The molecule has 0 amide bonds. The van der Waals surface area contributed by atoms with Gasteiger partial charge in [0.25, 0.3) is 0 Å². The lowest BCUT2D eigenvalue weighted by Gasteiger charge is -2.30. The van der Waals surface area contributed by atoms with Crippen LogP contribution in [0.2, 0.25) is 0 Å². The summed E-state index contributed by atoms with van der Waals surface area (Å²) in [4.78, 5) is 0. The summed E-state index contributed by atoms with van der Waals surface area (Å²) in [5, 5.41) is 0. The Labute approximate surface area is 187 Å². The monoisotopic (exact) mass is 592 g/mol. The van der Waals surface area contributed by atoms with Crippen LogP contribution in [0.5, 0.6) is 11.5 Å². The van der Waals surface area contributed by atoms with Crippen LogP contribution >= 0.6 is 45.2 Å². The molecule has 0 saturated heterocycles. The topological polar surface area (TPSA) is 36.9 Å². The molecule has 0 heterocycles. The van der Waals surface area contributed by atoms with E-state index in [0.717, 1.165) is 44.3 Å². The summed E-state index contributed by atoms with van der Waals surface area (Å²) in [6.45, 7) is 0.517. The minimum Gasteiger partial charge on any atom is -0.466 e. The van der Waals surface area contributed by atoms with Crippen molar-refractivity contribution in [3.05, 3.63) is 53.7 Å². The number of benzene rings is 2. The zero-order chi connectivity index (χ0) is 19.0. The van der Waals surface area contributed by atoms with E-state index in [0.29, 0.717) is 0 Å². The van der Waals surface area contributed by atoms with Crippen molar-refractivity contribution in [1.29, 1.82) is 0 Å². The van der Waals surface area contributed by atoms with Crippen molar-refractivity contribution in [1.82, 2.24) is 0 Å². The molecule has 1 spiro atoms. The maximum atomic E-state index is 6.08. The summed E-state index contributed by atoms with van der Waals surface area (Å²) >= 11 is 4.74. The molecule has 0 N–H and O–H groups in total. The van der Waals surface area contributed by atoms with E-state index in [4.69, 9.17) is 18.9 Å². The Hall–Kier alpha value is -0.580. The summed E-state index contributed by atoms with van der Waals surface area (Å²) < 4.78 is 24.8. The van der Waals surface area contributed by atoms with Crippen molar-refractivity contribution in [2.24, 2.45) is 0 Å². The predicted octanol–water partition coefficient (Wildman–Crippen LogP) is 5.04. The van der Waals surface area contributed by atoms with Gasteiger partial charge in [-0.1, -0.05) is 12.1 Å². The molecular weight excluding hydrogens is 570 g/mol. The number of rotatable bonds is 6. The third-order valence-electron chi connectivity index (χ3n) is 5.63. The molecule has 6 heteroatoms. The second kappa shape index (κ2) is 8.04. The van der Waals surface area contributed by atoms with Gasteiger partial charge in [-0.3, -0.25) is 0 Å². The summed E-state index contributed by atoms with van der Waals surface area (Å²) in [7, 11) is 3.32. The van der Waals surface area contributed by atoms with Crippen molar-refractivity contribution in [3.8, 4) is 11.5 Å². The second-order valence-electron chi connectivity index (χ2n) is 7.01. The highest BCUT2D eigenvalue weighted by Crippen LogP contribution is 2.58. The molecule has 2 aromatic rings. The summed E-state index contributed by atoms with van der Waals surface area (Å²) in [5.41, 5.74) is 5.36. The van der Waals surface area contributed by atoms with Crippen LogP contribution in [0.25, 0.3) is 0 Å². The molecule has 27 heavy (non-hydrogen) atoms.